The van der Waals surface area contributed by atoms with Crippen LogP contribution in [0.4, 0.5) is 0 Å². The molecule has 0 bridgehead atoms. The molecule has 98 valence electrons. The zero-order valence-electron chi connectivity index (χ0n) is 11.1. The zero-order valence-corrected chi connectivity index (χ0v) is 11.1. The molecule has 0 aromatic rings. The quantitative estimate of drug-likeness (QED) is 0.736. The lowest BCUT2D eigenvalue weighted by Crippen LogP contribution is -3.13. The molecule has 0 aromatic heterocycles. The SMILES string of the molecule is CC[NH+]1CCCC(C2NC3CCCCC3O2)C1. The van der Waals surface area contributed by atoms with Crippen molar-refractivity contribution < 1.29 is 9.64 Å². The van der Waals surface area contributed by atoms with E-state index in [9.17, 15) is 0 Å². The Kier molecular flexibility index (Phi) is 3.69. The highest BCUT2D eigenvalue weighted by atomic mass is 16.5. The summed E-state index contributed by atoms with van der Waals surface area (Å²) in [6.07, 6.45) is 9.01. The highest BCUT2D eigenvalue weighted by molar-refractivity contribution is 4.90. The van der Waals surface area contributed by atoms with Crippen LogP contribution in [0.5, 0.6) is 0 Å². The average Bonchev–Trinajstić information content (AvgIpc) is 2.82. The summed E-state index contributed by atoms with van der Waals surface area (Å²) in [5, 5.41) is 3.77. The molecule has 0 aromatic carbocycles. The molecule has 1 saturated carbocycles. The van der Waals surface area contributed by atoms with Crippen molar-refractivity contribution >= 4 is 0 Å². The Labute approximate surface area is 105 Å². The van der Waals surface area contributed by atoms with Crippen LogP contribution in [0, 0.1) is 5.92 Å². The van der Waals surface area contributed by atoms with Gasteiger partial charge in [0, 0.05) is 12.0 Å². The van der Waals surface area contributed by atoms with Crippen molar-refractivity contribution in [2.45, 2.75) is 63.8 Å². The molecule has 3 nitrogen and oxygen atoms in total. The molecule has 0 amide bonds. The highest BCUT2D eigenvalue weighted by Gasteiger charge is 2.41. The maximum absolute atomic E-state index is 6.27. The summed E-state index contributed by atoms with van der Waals surface area (Å²) in [5.41, 5.74) is 0. The molecule has 3 heteroatoms. The second kappa shape index (κ2) is 5.25. The van der Waals surface area contributed by atoms with Crippen LogP contribution in [0.15, 0.2) is 0 Å². The number of hydrogen-bond acceptors (Lipinski definition) is 2. The summed E-state index contributed by atoms with van der Waals surface area (Å²) >= 11 is 0. The van der Waals surface area contributed by atoms with Gasteiger partial charge in [-0.1, -0.05) is 12.8 Å². The Morgan fingerprint density at radius 2 is 2.06 bits per heavy atom. The molecule has 17 heavy (non-hydrogen) atoms. The molecule has 2 aliphatic heterocycles. The topological polar surface area (TPSA) is 25.7 Å². The summed E-state index contributed by atoms with van der Waals surface area (Å²) in [4.78, 5) is 1.77. The fourth-order valence-electron chi connectivity index (χ4n) is 3.90. The van der Waals surface area contributed by atoms with E-state index < -0.39 is 0 Å². The monoisotopic (exact) mass is 239 g/mol. The van der Waals surface area contributed by atoms with Crippen molar-refractivity contribution in [3.63, 3.8) is 0 Å². The lowest BCUT2D eigenvalue weighted by atomic mass is 9.93. The van der Waals surface area contributed by atoms with Crippen molar-refractivity contribution in [3.8, 4) is 0 Å². The lowest BCUT2D eigenvalue weighted by Gasteiger charge is -2.32. The standard InChI is InChI=1S/C14H26N2O/c1-2-16-9-5-6-11(10-16)14-15-12-7-3-4-8-13(12)17-14/h11-15H,2-10H2,1H3/p+1. The first kappa shape index (κ1) is 11.9. The first-order chi connectivity index (χ1) is 8.36. The van der Waals surface area contributed by atoms with Gasteiger partial charge in [0.05, 0.1) is 25.7 Å². The minimum Gasteiger partial charge on any atom is -0.358 e. The van der Waals surface area contributed by atoms with Gasteiger partial charge in [-0.3, -0.25) is 5.32 Å². The summed E-state index contributed by atoms with van der Waals surface area (Å²) in [6.45, 7) is 6.26. The number of quaternary nitrogens is 1. The molecule has 2 saturated heterocycles. The van der Waals surface area contributed by atoms with E-state index in [0.29, 0.717) is 18.4 Å². The summed E-state index contributed by atoms with van der Waals surface area (Å²) in [6, 6.07) is 0.667. The second-order valence-corrected chi connectivity index (χ2v) is 6.11. The molecule has 0 radical (unpaired) electrons. The average molecular weight is 239 g/mol. The van der Waals surface area contributed by atoms with E-state index in [1.165, 1.54) is 58.2 Å². The van der Waals surface area contributed by atoms with Crippen molar-refractivity contribution in [2.75, 3.05) is 19.6 Å². The molecule has 2 heterocycles. The van der Waals surface area contributed by atoms with Gasteiger partial charge in [0.2, 0.25) is 0 Å². The third-order valence-corrected chi connectivity index (χ3v) is 4.99. The molecular weight excluding hydrogens is 212 g/mol. The molecule has 0 spiro atoms. The van der Waals surface area contributed by atoms with Crippen LogP contribution >= 0.6 is 0 Å². The largest absolute Gasteiger partial charge is 0.358 e. The van der Waals surface area contributed by atoms with E-state index in [1.54, 1.807) is 4.90 Å². The van der Waals surface area contributed by atoms with E-state index in [4.69, 9.17) is 4.74 Å². The number of rotatable bonds is 2. The molecule has 3 fully saturated rings. The van der Waals surface area contributed by atoms with Crippen LogP contribution in [0.3, 0.4) is 0 Å². The molecule has 3 aliphatic rings. The van der Waals surface area contributed by atoms with Gasteiger partial charge >= 0.3 is 0 Å². The predicted octanol–water partition coefficient (Wildman–Crippen LogP) is 0.558. The van der Waals surface area contributed by atoms with Gasteiger partial charge < -0.3 is 9.64 Å². The molecule has 5 atom stereocenters. The molecule has 3 rings (SSSR count). The van der Waals surface area contributed by atoms with Gasteiger partial charge in [-0.2, -0.15) is 0 Å². The normalized spacial score (nSPS) is 46.8. The number of hydrogen-bond donors (Lipinski definition) is 2. The van der Waals surface area contributed by atoms with Gasteiger partial charge in [0.1, 0.15) is 6.23 Å². The fraction of sp³-hybridized carbons (Fsp3) is 1.00. The van der Waals surface area contributed by atoms with Crippen LogP contribution in [0.1, 0.15) is 45.4 Å². The van der Waals surface area contributed by atoms with Crippen LogP contribution in [0.2, 0.25) is 0 Å². The van der Waals surface area contributed by atoms with Crippen LogP contribution in [0.25, 0.3) is 0 Å². The summed E-state index contributed by atoms with van der Waals surface area (Å²) < 4.78 is 6.27. The summed E-state index contributed by atoms with van der Waals surface area (Å²) in [5.74, 6) is 0.754. The van der Waals surface area contributed by atoms with Gasteiger partial charge in [-0.15, -0.1) is 0 Å². The van der Waals surface area contributed by atoms with Crippen molar-refractivity contribution in [1.29, 1.82) is 0 Å². The van der Waals surface area contributed by atoms with Crippen LogP contribution in [-0.2, 0) is 4.74 Å². The number of likely N-dealkylation sites (tertiary alicyclic amines) is 1. The van der Waals surface area contributed by atoms with E-state index in [2.05, 4.69) is 12.2 Å². The van der Waals surface area contributed by atoms with E-state index >= 15 is 0 Å². The van der Waals surface area contributed by atoms with Gasteiger partial charge in [0.15, 0.2) is 0 Å². The third kappa shape index (κ3) is 2.51. The molecular formula is C14H27N2O+. The maximum atomic E-state index is 6.27. The Morgan fingerprint density at radius 1 is 1.18 bits per heavy atom. The van der Waals surface area contributed by atoms with Crippen LogP contribution < -0.4 is 10.2 Å². The van der Waals surface area contributed by atoms with Gasteiger partial charge in [-0.05, 0) is 32.6 Å². The highest BCUT2D eigenvalue weighted by Crippen LogP contribution is 2.30. The molecule has 5 unspecified atom stereocenters. The Morgan fingerprint density at radius 3 is 2.88 bits per heavy atom. The predicted molar refractivity (Wildman–Crippen MR) is 68.0 cm³/mol. The molecule has 2 N–H and O–H groups in total. The summed E-state index contributed by atoms with van der Waals surface area (Å²) in [7, 11) is 0. The number of piperidine rings is 1. The first-order valence-electron chi connectivity index (χ1n) is 7.62. The van der Waals surface area contributed by atoms with Gasteiger partial charge in [0.25, 0.3) is 0 Å². The smallest absolute Gasteiger partial charge is 0.117 e. The zero-order chi connectivity index (χ0) is 11.7. The van der Waals surface area contributed by atoms with Crippen molar-refractivity contribution in [2.24, 2.45) is 5.92 Å². The van der Waals surface area contributed by atoms with E-state index in [-0.39, 0.29) is 0 Å². The number of nitrogens with one attached hydrogen (secondary N) is 2. The minimum atomic E-state index is 0.366. The number of fused-ring (bicyclic) bond motifs is 1. The Hall–Kier alpha value is -0.120. The van der Waals surface area contributed by atoms with Crippen LogP contribution in [-0.4, -0.2) is 38.0 Å². The fourth-order valence-corrected chi connectivity index (χ4v) is 3.90. The third-order valence-electron chi connectivity index (χ3n) is 4.99. The second-order valence-electron chi connectivity index (χ2n) is 6.11. The van der Waals surface area contributed by atoms with Crippen molar-refractivity contribution in [3.05, 3.63) is 0 Å². The Balaban J connectivity index is 1.57. The lowest BCUT2D eigenvalue weighted by molar-refractivity contribution is -0.907. The molecule has 1 aliphatic carbocycles. The maximum Gasteiger partial charge on any atom is 0.117 e. The van der Waals surface area contributed by atoms with Gasteiger partial charge in [-0.25, -0.2) is 0 Å². The first-order valence-corrected chi connectivity index (χ1v) is 7.62. The van der Waals surface area contributed by atoms with Crippen molar-refractivity contribution in [1.82, 2.24) is 5.32 Å². The van der Waals surface area contributed by atoms with E-state index in [0.717, 1.165) is 5.92 Å². The Bertz CT molecular complexity index is 245. The minimum absolute atomic E-state index is 0.366. The number of ether oxygens (including phenoxy) is 1. The van der Waals surface area contributed by atoms with E-state index in [1.807, 2.05) is 0 Å².